The van der Waals surface area contributed by atoms with Crippen LogP contribution in [0.1, 0.15) is 34.8 Å². The van der Waals surface area contributed by atoms with Gasteiger partial charge in [-0.25, -0.2) is 4.39 Å². The molecule has 1 aliphatic rings. The normalized spacial score (nSPS) is 21.6. The molecule has 6 heteroatoms. The Bertz CT molecular complexity index is 599. The number of fused-ring (bicyclic) bond motifs is 1. The van der Waals surface area contributed by atoms with E-state index in [4.69, 9.17) is 0 Å². The van der Waals surface area contributed by atoms with Crippen molar-refractivity contribution in [3.8, 4) is 0 Å². The number of carbonyl (C=O) groups is 2. The molecule has 108 valence electrons. The van der Waals surface area contributed by atoms with E-state index in [9.17, 15) is 24.2 Å². The molecule has 0 radical (unpaired) electrons. The summed E-state index contributed by atoms with van der Waals surface area (Å²) in [6, 6.07) is 1.07. The van der Waals surface area contributed by atoms with Gasteiger partial charge >= 0.3 is 0 Å². The van der Waals surface area contributed by atoms with E-state index in [1.54, 1.807) is 6.92 Å². The molecule has 0 fully saturated rings. The van der Waals surface area contributed by atoms with E-state index in [-0.39, 0.29) is 24.1 Å². The molecule has 0 saturated carbocycles. The van der Waals surface area contributed by atoms with Crippen LogP contribution in [0.2, 0.25) is 0 Å². The zero-order valence-corrected chi connectivity index (χ0v) is 11.3. The predicted octanol–water partition coefficient (Wildman–Crippen LogP) is 0.945. The number of nitrogens with one attached hydrogen (secondary N) is 1. The summed E-state index contributed by atoms with van der Waals surface area (Å²) >= 11 is 0. The van der Waals surface area contributed by atoms with Gasteiger partial charge in [0.05, 0.1) is 12.3 Å². The molecule has 0 spiro atoms. The van der Waals surface area contributed by atoms with Gasteiger partial charge < -0.3 is 15.5 Å². The van der Waals surface area contributed by atoms with Crippen molar-refractivity contribution in [2.24, 2.45) is 0 Å². The maximum atomic E-state index is 13.8. The lowest BCUT2D eigenvalue weighted by Gasteiger charge is -2.32. The second kappa shape index (κ2) is 4.96. The summed E-state index contributed by atoms with van der Waals surface area (Å²) < 4.78 is 13.8. The lowest BCUT2D eigenvalue weighted by atomic mass is 9.77. The minimum Gasteiger partial charge on any atom is -0.393 e. The zero-order chi connectivity index (χ0) is 15.1. The van der Waals surface area contributed by atoms with Crippen LogP contribution in [-0.4, -0.2) is 34.1 Å². The molecule has 20 heavy (non-hydrogen) atoms. The van der Waals surface area contributed by atoms with Gasteiger partial charge in [0.25, 0.3) is 0 Å². The number of aliphatic hydroxyl groups excluding tert-OH is 1. The highest BCUT2D eigenvalue weighted by Crippen LogP contribution is 2.36. The third-order valence-electron chi connectivity index (χ3n) is 3.66. The fourth-order valence-electron chi connectivity index (χ4n) is 2.49. The number of hydrogen-bond donors (Lipinski definition) is 3. The van der Waals surface area contributed by atoms with Crippen molar-refractivity contribution in [2.75, 3.05) is 11.9 Å². The number of hydrogen-bond acceptors (Lipinski definition) is 4. The first-order chi connectivity index (χ1) is 9.30. The third-order valence-corrected chi connectivity index (χ3v) is 3.66. The van der Waals surface area contributed by atoms with Crippen molar-refractivity contribution < 1.29 is 24.2 Å². The molecular formula is C14H16FNO4. The molecule has 1 aliphatic carbocycles. The van der Waals surface area contributed by atoms with Crippen molar-refractivity contribution in [3.05, 3.63) is 28.6 Å². The van der Waals surface area contributed by atoms with Gasteiger partial charge in [-0.15, -0.1) is 0 Å². The molecule has 2 rings (SSSR count). The fourth-order valence-corrected chi connectivity index (χ4v) is 2.49. The van der Waals surface area contributed by atoms with E-state index < -0.39 is 29.7 Å². The second-order valence-electron chi connectivity index (χ2n) is 5.08. The average Bonchev–Trinajstić information content (AvgIpc) is 2.38. The molecule has 0 aliphatic heterocycles. The van der Waals surface area contributed by atoms with E-state index in [0.717, 1.165) is 6.07 Å². The summed E-state index contributed by atoms with van der Waals surface area (Å²) in [5.74, 6) is -1.65. The van der Waals surface area contributed by atoms with Crippen LogP contribution in [0.15, 0.2) is 6.07 Å². The maximum Gasteiger partial charge on any atom is 0.221 e. The molecule has 0 saturated heterocycles. The standard InChI is InChI=1S/C14H16FNO4/c1-7-9-3-4-14(20,6-17)13(19)12(9)11(5-10(7)15)16-8(2)18/h5,17,20H,3-4,6H2,1-2H3,(H,16,18). The van der Waals surface area contributed by atoms with Gasteiger partial charge in [-0.05, 0) is 37.0 Å². The van der Waals surface area contributed by atoms with Gasteiger partial charge in [0.2, 0.25) is 5.91 Å². The van der Waals surface area contributed by atoms with Crippen molar-refractivity contribution in [1.29, 1.82) is 0 Å². The minimum atomic E-state index is -1.87. The first kappa shape index (κ1) is 14.6. The average molecular weight is 281 g/mol. The summed E-state index contributed by atoms with van der Waals surface area (Å²) in [6.07, 6.45) is 0.285. The quantitative estimate of drug-likeness (QED) is 0.753. The molecule has 3 N–H and O–H groups in total. The van der Waals surface area contributed by atoms with Gasteiger partial charge in [0, 0.05) is 12.5 Å². The third kappa shape index (κ3) is 2.21. The molecule has 1 aromatic carbocycles. The van der Waals surface area contributed by atoms with Gasteiger partial charge in [-0.3, -0.25) is 9.59 Å². The Hall–Kier alpha value is -1.79. The number of amides is 1. The highest BCUT2D eigenvalue weighted by molar-refractivity contribution is 6.11. The molecule has 5 nitrogen and oxygen atoms in total. The summed E-state index contributed by atoms with van der Waals surface area (Å²) in [5, 5.41) is 21.7. The number of anilines is 1. The van der Waals surface area contributed by atoms with Crippen LogP contribution in [0.4, 0.5) is 10.1 Å². The van der Waals surface area contributed by atoms with Crippen molar-refractivity contribution in [1.82, 2.24) is 0 Å². The molecule has 1 unspecified atom stereocenters. The Morgan fingerprint density at radius 2 is 2.20 bits per heavy atom. The number of halogens is 1. The second-order valence-corrected chi connectivity index (χ2v) is 5.08. The molecule has 1 atom stereocenters. The summed E-state index contributed by atoms with van der Waals surface area (Å²) in [4.78, 5) is 23.5. The van der Waals surface area contributed by atoms with Crippen molar-refractivity contribution in [2.45, 2.75) is 32.3 Å². The van der Waals surface area contributed by atoms with Crippen LogP contribution in [0.5, 0.6) is 0 Å². The first-order valence-corrected chi connectivity index (χ1v) is 6.28. The first-order valence-electron chi connectivity index (χ1n) is 6.28. The van der Waals surface area contributed by atoms with Gasteiger partial charge in [0.15, 0.2) is 11.4 Å². The summed E-state index contributed by atoms with van der Waals surface area (Å²) in [5.41, 5.74) is -0.960. The summed E-state index contributed by atoms with van der Waals surface area (Å²) in [7, 11) is 0. The fraction of sp³-hybridized carbons (Fsp3) is 0.429. The van der Waals surface area contributed by atoms with Crippen LogP contribution >= 0.6 is 0 Å². The van der Waals surface area contributed by atoms with Crippen LogP contribution in [0.25, 0.3) is 0 Å². The monoisotopic (exact) mass is 281 g/mol. The number of rotatable bonds is 2. The Morgan fingerprint density at radius 3 is 2.75 bits per heavy atom. The topological polar surface area (TPSA) is 86.6 Å². The molecular weight excluding hydrogens is 265 g/mol. The highest BCUT2D eigenvalue weighted by atomic mass is 19.1. The van der Waals surface area contributed by atoms with Crippen molar-refractivity contribution in [3.63, 3.8) is 0 Å². The highest BCUT2D eigenvalue weighted by Gasteiger charge is 2.42. The van der Waals surface area contributed by atoms with Crippen LogP contribution in [0.3, 0.4) is 0 Å². The molecule has 0 aromatic heterocycles. The maximum absolute atomic E-state index is 13.8. The van der Waals surface area contributed by atoms with E-state index >= 15 is 0 Å². The summed E-state index contributed by atoms with van der Waals surface area (Å²) in [6.45, 7) is 2.08. The Labute approximate surface area is 115 Å². The minimum absolute atomic E-state index is 0.0269. The molecule has 1 amide bonds. The van der Waals surface area contributed by atoms with Crippen LogP contribution in [0, 0.1) is 12.7 Å². The lowest BCUT2D eigenvalue weighted by molar-refractivity contribution is -0.114. The van der Waals surface area contributed by atoms with Crippen LogP contribution < -0.4 is 5.32 Å². The Morgan fingerprint density at radius 1 is 1.55 bits per heavy atom. The largest absolute Gasteiger partial charge is 0.393 e. The number of Topliss-reactive ketones (excluding diaryl/α,β-unsaturated/α-hetero) is 1. The molecule has 0 bridgehead atoms. The van der Waals surface area contributed by atoms with E-state index in [1.165, 1.54) is 6.92 Å². The smallest absolute Gasteiger partial charge is 0.221 e. The van der Waals surface area contributed by atoms with Crippen molar-refractivity contribution >= 4 is 17.4 Å². The Balaban J connectivity index is 2.66. The predicted molar refractivity (Wildman–Crippen MR) is 70.1 cm³/mol. The lowest BCUT2D eigenvalue weighted by Crippen LogP contribution is -2.46. The van der Waals surface area contributed by atoms with E-state index in [2.05, 4.69) is 5.32 Å². The van der Waals surface area contributed by atoms with Gasteiger partial charge in [-0.1, -0.05) is 0 Å². The van der Waals surface area contributed by atoms with Gasteiger partial charge in [-0.2, -0.15) is 0 Å². The number of benzene rings is 1. The van der Waals surface area contributed by atoms with Crippen LogP contribution in [-0.2, 0) is 11.2 Å². The Kier molecular flexibility index (Phi) is 3.62. The van der Waals surface area contributed by atoms with E-state index in [1.807, 2.05) is 0 Å². The number of ketones is 1. The number of carbonyl (C=O) groups excluding carboxylic acids is 2. The number of aliphatic hydroxyl groups is 2. The zero-order valence-electron chi connectivity index (χ0n) is 11.3. The SMILES string of the molecule is CC(=O)Nc1cc(F)c(C)c2c1C(=O)C(O)(CO)CC2. The van der Waals surface area contributed by atoms with E-state index in [0.29, 0.717) is 11.1 Å². The van der Waals surface area contributed by atoms with Gasteiger partial charge in [0.1, 0.15) is 5.82 Å². The molecule has 0 heterocycles. The molecule has 1 aromatic rings.